The van der Waals surface area contributed by atoms with Crippen molar-refractivity contribution < 1.29 is 4.39 Å². The number of pyridine rings is 1. The minimum atomic E-state index is -0.552. The average Bonchev–Trinajstić information content (AvgIpc) is 3.57. The lowest BCUT2D eigenvalue weighted by Crippen LogP contribution is -2.16. The third-order valence-electron chi connectivity index (χ3n) is 7.01. The quantitative estimate of drug-likeness (QED) is 0.387. The molecule has 6 rings (SSSR count). The van der Waals surface area contributed by atoms with Gasteiger partial charge in [-0.1, -0.05) is 12.1 Å². The van der Waals surface area contributed by atoms with E-state index in [1.165, 1.54) is 12.1 Å². The zero-order chi connectivity index (χ0) is 24.1. The van der Waals surface area contributed by atoms with Gasteiger partial charge in [-0.05, 0) is 55.8 Å². The van der Waals surface area contributed by atoms with Crippen molar-refractivity contribution >= 4 is 21.9 Å². The molecule has 0 aliphatic carbocycles. The molecule has 8 heteroatoms. The van der Waals surface area contributed by atoms with Crippen molar-refractivity contribution in [1.29, 1.82) is 5.26 Å². The van der Waals surface area contributed by atoms with Gasteiger partial charge in [0, 0.05) is 36.7 Å². The van der Waals surface area contributed by atoms with Crippen LogP contribution in [-0.2, 0) is 13.6 Å². The van der Waals surface area contributed by atoms with Gasteiger partial charge in [-0.15, -0.1) is 0 Å². The maximum absolute atomic E-state index is 14.7. The number of nitriles is 1. The molecule has 1 unspecified atom stereocenters. The monoisotopic (exact) mass is 465 g/mol. The number of halogens is 1. The highest BCUT2D eigenvalue weighted by molar-refractivity contribution is 6.00. The van der Waals surface area contributed by atoms with Crippen LogP contribution >= 0.6 is 0 Å². The van der Waals surface area contributed by atoms with Crippen molar-refractivity contribution in [3.63, 3.8) is 0 Å². The Morgan fingerprint density at radius 3 is 2.69 bits per heavy atom. The molecule has 0 spiro atoms. The van der Waals surface area contributed by atoms with Crippen LogP contribution in [0.15, 0.2) is 55.1 Å². The highest BCUT2D eigenvalue weighted by atomic mass is 19.1. The van der Waals surface area contributed by atoms with Crippen LogP contribution in [-0.4, -0.2) is 49.4 Å². The number of imidazole rings is 1. The predicted octanol–water partition coefficient (Wildman–Crippen LogP) is 4.61. The normalized spacial score (nSPS) is 16.3. The smallest absolute Gasteiger partial charge is 0.141 e. The van der Waals surface area contributed by atoms with Crippen molar-refractivity contribution in [1.82, 2.24) is 29.2 Å². The zero-order valence-electron chi connectivity index (χ0n) is 19.6. The molecule has 7 nitrogen and oxygen atoms in total. The molecule has 174 valence electrons. The molecule has 1 aliphatic heterocycles. The molecule has 0 amide bonds. The van der Waals surface area contributed by atoms with Crippen LogP contribution in [0.3, 0.4) is 0 Å². The Hall–Kier alpha value is -4.09. The number of hydrogen-bond acceptors (Lipinski definition) is 5. The summed E-state index contributed by atoms with van der Waals surface area (Å²) in [6, 6.07) is 12.7. The van der Waals surface area contributed by atoms with Crippen LogP contribution < -0.4 is 0 Å². The van der Waals surface area contributed by atoms with Crippen LogP contribution in [0.1, 0.15) is 12.0 Å². The molecule has 4 heterocycles. The van der Waals surface area contributed by atoms with Gasteiger partial charge in [-0.3, -0.25) is 9.67 Å². The zero-order valence-corrected chi connectivity index (χ0v) is 19.6. The Bertz CT molecular complexity index is 1620. The highest BCUT2D eigenvalue weighted by Crippen LogP contribution is 2.37. The molecule has 1 aliphatic rings. The summed E-state index contributed by atoms with van der Waals surface area (Å²) >= 11 is 0. The molecule has 3 aromatic heterocycles. The summed E-state index contributed by atoms with van der Waals surface area (Å²) < 4.78 is 18.7. The third-order valence-corrected chi connectivity index (χ3v) is 7.01. The molecule has 0 bridgehead atoms. The minimum absolute atomic E-state index is 0.0168. The summed E-state index contributed by atoms with van der Waals surface area (Å²) in [5.74, 6) is 0.00459. The van der Waals surface area contributed by atoms with Gasteiger partial charge in [-0.25, -0.2) is 9.37 Å². The van der Waals surface area contributed by atoms with E-state index in [-0.39, 0.29) is 5.56 Å². The van der Waals surface area contributed by atoms with Gasteiger partial charge in [0.2, 0.25) is 0 Å². The molecule has 5 aromatic rings. The Balaban J connectivity index is 1.54. The number of hydrogen-bond donors (Lipinski definition) is 0. The first-order valence-corrected chi connectivity index (χ1v) is 11.7. The first-order valence-electron chi connectivity index (χ1n) is 11.7. The number of aromatic nitrogens is 5. The second-order valence-electron chi connectivity index (χ2n) is 9.38. The third kappa shape index (κ3) is 3.65. The molecule has 1 saturated heterocycles. The van der Waals surface area contributed by atoms with E-state index in [2.05, 4.69) is 21.6 Å². The first-order chi connectivity index (χ1) is 17.0. The van der Waals surface area contributed by atoms with E-state index in [0.29, 0.717) is 11.5 Å². The lowest BCUT2D eigenvalue weighted by atomic mass is 9.96. The summed E-state index contributed by atoms with van der Waals surface area (Å²) in [7, 11) is 4.06. The molecule has 2 aromatic carbocycles. The number of likely N-dealkylation sites (tertiary alicyclic amines) is 1. The van der Waals surface area contributed by atoms with Gasteiger partial charge in [0.05, 0.1) is 41.0 Å². The van der Waals surface area contributed by atoms with E-state index in [1.807, 2.05) is 54.7 Å². The fourth-order valence-corrected chi connectivity index (χ4v) is 5.19. The van der Waals surface area contributed by atoms with Crippen molar-refractivity contribution in [3.05, 3.63) is 66.5 Å². The summed E-state index contributed by atoms with van der Waals surface area (Å²) in [6.45, 7) is 3.03. The first kappa shape index (κ1) is 21.4. The van der Waals surface area contributed by atoms with Gasteiger partial charge in [0.25, 0.3) is 0 Å². The fourth-order valence-electron chi connectivity index (χ4n) is 5.19. The molecule has 1 atom stereocenters. The number of rotatable bonds is 4. The second kappa shape index (κ2) is 8.29. The van der Waals surface area contributed by atoms with Crippen LogP contribution in [0.25, 0.3) is 44.3 Å². The van der Waals surface area contributed by atoms with Crippen LogP contribution in [0.5, 0.6) is 0 Å². The molecule has 0 saturated carbocycles. The van der Waals surface area contributed by atoms with E-state index in [1.54, 1.807) is 6.07 Å². The van der Waals surface area contributed by atoms with Crippen molar-refractivity contribution in [2.45, 2.75) is 13.0 Å². The van der Waals surface area contributed by atoms with Crippen LogP contribution in [0.4, 0.5) is 4.39 Å². The summed E-state index contributed by atoms with van der Waals surface area (Å²) in [4.78, 5) is 12.0. The van der Waals surface area contributed by atoms with E-state index in [4.69, 9.17) is 9.97 Å². The van der Waals surface area contributed by atoms with Gasteiger partial charge in [0.15, 0.2) is 0 Å². The molecule has 35 heavy (non-hydrogen) atoms. The lowest BCUT2D eigenvalue weighted by molar-refractivity contribution is 0.379. The standard InChI is InChI=1S/C27H24FN7/c1-33-8-7-17(14-33)15-35-16-31-27-24(35)13-30-26(19-5-6-23-21(9-19)12-32-34(23)2)25(27)18-3-4-20(11-29)22(28)10-18/h3-6,9-10,12-13,16-17H,7-8,14-15H2,1-2H3. The van der Waals surface area contributed by atoms with Gasteiger partial charge in [0.1, 0.15) is 17.4 Å². The predicted molar refractivity (Wildman–Crippen MR) is 133 cm³/mol. The Morgan fingerprint density at radius 2 is 1.91 bits per heavy atom. The van der Waals surface area contributed by atoms with Gasteiger partial charge >= 0.3 is 0 Å². The maximum Gasteiger partial charge on any atom is 0.141 e. The van der Waals surface area contributed by atoms with E-state index < -0.39 is 5.82 Å². The van der Waals surface area contributed by atoms with Crippen molar-refractivity contribution in [3.8, 4) is 28.5 Å². The topological polar surface area (TPSA) is 75.6 Å². The maximum atomic E-state index is 14.7. The SMILES string of the molecule is CN1CCC(Cn2cnc3c(-c4ccc(C#N)c(F)c4)c(-c4ccc5c(cnn5C)c4)ncc32)C1. The Labute approximate surface area is 202 Å². The molecular formula is C27H24FN7. The minimum Gasteiger partial charge on any atom is -0.329 e. The molecule has 1 fully saturated rings. The van der Waals surface area contributed by atoms with E-state index in [9.17, 15) is 9.65 Å². The number of nitrogens with zero attached hydrogens (tertiary/aromatic N) is 7. The number of benzene rings is 2. The van der Waals surface area contributed by atoms with Crippen molar-refractivity contribution in [2.24, 2.45) is 13.0 Å². The Morgan fingerprint density at radius 1 is 1.06 bits per heavy atom. The molecule has 0 radical (unpaired) electrons. The lowest BCUT2D eigenvalue weighted by Gasteiger charge is -2.14. The number of fused-ring (bicyclic) bond motifs is 2. The van der Waals surface area contributed by atoms with Gasteiger partial charge < -0.3 is 9.47 Å². The van der Waals surface area contributed by atoms with E-state index in [0.717, 1.165) is 64.8 Å². The highest BCUT2D eigenvalue weighted by Gasteiger charge is 2.23. The van der Waals surface area contributed by atoms with Crippen LogP contribution in [0.2, 0.25) is 0 Å². The molecule has 0 N–H and O–H groups in total. The Kier molecular flexibility index (Phi) is 5.08. The van der Waals surface area contributed by atoms with Crippen LogP contribution in [0, 0.1) is 23.1 Å². The second-order valence-corrected chi connectivity index (χ2v) is 9.38. The number of aryl methyl sites for hydroxylation is 1. The van der Waals surface area contributed by atoms with E-state index >= 15 is 0 Å². The summed E-state index contributed by atoms with van der Waals surface area (Å²) in [5.41, 5.74) is 5.76. The van der Waals surface area contributed by atoms with Gasteiger partial charge in [-0.2, -0.15) is 10.4 Å². The average molecular weight is 466 g/mol. The fraction of sp³-hybridized carbons (Fsp3) is 0.259. The summed E-state index contributed by atoms with van der Waals surface area (Å²) in [6.07, 6.45) is 6.71. The molecular weight excluding hydrogens is 441 g/mol. The van der Waals surface area contributed by atoms with Crippen molar-refractivity contribution in [2.75, 3.05) is 20.1 Å². The summed E-state index contributed by atoms with van der Waals surface area (Å²) in [5, 5.41) is 14.6. The largest absolute Gasteiger partial charge is 0.329 e.